The average molecular weight is 237 g/mol. The van der Waals surface area contributed by atoms with Crippen molar-refractivity contribution in [2.24, 2.45) is 0 Å². The average Bonchev–Trinajstić information content (AvgIpc) is 2.39. The molecule has 0 aliphatic rings. The summed E-state index contributed by atoms with van der Waals surface area (Å²) < 4.78 is 0. The number of H-pyrrole nitrogens is 1. The Balaban J connectivity index is 2.32. The summed E-state index contributed by atoms with van der Waals surface area (Å²) in [7, 11) is 0. The third kappa shape index (κ3) is 1.66. The Hall–Kier alpha value is -2.55. The highest BCUT2D eigenvalue weighted by molar-refractivity contribution is 5.82. The first-order valence-corrected chi connectivity index (χ1v) is 5.66. The van der Waals surface area contributed by atoms with Crippen LogP contribution in [0.1, 0.15) is 0 Å². The van der Waals surface area contributed by atoms with Crippen LogP contribution in [0, 0.1) is 0 Å². The van der Waals surface area contributed by atoms with Crippen molar-refractivity contribution >= 4 is 10.9 Å². The molecule has 0 fully saturated rings. The van der Waals surface area contributed by atoms with Crippen molar-refractivity contribution in [3.63, 3.8) is 0 Å². The van der Waals surface area contributed by atoms with E-state index in [-0.39, 0.29) is 11.2 Å². The van der Waals surface area contributed by atoms with Crippen LogP contribution in [0.4, 0.5) is 0 Å². The van der Waals surface area contributed by atoms with Gasteiger partial charge in [-0.2, -0.15) is 0 Å². The van der Waals surface area contributed by atoms with Gasteiger partial charge in [0.15, 0.2) is 5.43 Å². The molecular weight excluding hydrogens is 226 g/mol. The van der Waals surface area contributed by atoms with Gasteiger partial charge in [-0.25, -0.2) is 0 Å². The molecule has 0 unspecified atom stereocenters. The van der Waals surface area contributed by atoms with Crippen molar-refractivity contribution < 1.29 is 5.11 Å². The molecular formula is C15H11NO2. The summed E-state index contributed by atoms with van der Waals surface area (Å²) in [6.45, 7) is 0. The normalized spacial score (nSPS) is 10.7. The molecule has 3 rings (SSSR count). The molecule has 2 aromatic carbocycles. The highest BCUT2D eigenvalue weighted by Gasteiger charge is 2.06. The van der Waals surface area contributed by atoms with Crippen molar-refractivity contribution in [3.05, 3.63) is 64.8 Å². The predicted octanol–water partition coefficient (Wildman–Crippen LogP) is 2.90. The second kappa shape index (κ2) is 4.04. The third-order valence-electron chi connectivity index (χ3n) is 2.93. The van der Waals surface area contributed by atoms with Gasteiger partial charge in [0.25, 0.3) is 0 Å². The fraction of sp³-hybridized carbons (Fsp3) is 0. The number of para-hydroxylation sites is 2. The van der Waals surface area contributed by atoms with E-state index >= 15 is 0 Å². The first-order chi connectivity index (χ1) is 8.75. The summed E-state index contributed by atoms with van der Waals surface area (Å²) in [6, 6.07) is 15.8. The van der Waals surface area contributed by atoms with Gasteiger partial charge in [0.2, 0.25) is 0 Å². The zero-order valence-electron chi connectivity index (χ0n) is 9.55. The molecule has 0 saturated heterocycles. The minimum absolute atomic E-state index is 0.0531. The first-order valence-electron chi connectivity index (χ1n) is 5.66. The number of rotatable bonds is 1. The molecule has 1 aromatic heterocycles. The summed E-state index contributed by atoms with van der Waals surface area (Å²) in [5.74, 6) is 0.156. The first kappa shape index (κ1) is 10.6. The maximum absolute atomic E-state index is 12.0. The quantitative estimate of drug-likeness (QED) is 0.683. The Kier molecular flexibility index (Phi) is 2.38. The summed E-state index contributed by atoms with van der Waals surface area (Å²) in [4.78, 5) is 15.1. The van der Waals surface area contributed by atoms with Gasteiger partial charge >= 0.3 is 0 Å². The molecule has 3 heteroatoms. The molecule has 1 heterocycles. The van der Waals surface area contributed by atoms with Gasteiger partial charge in [0.1, 0.15) is 5.75 Å². The van der Waals surface area contributed by atoms with Gasteiger partial charge in [-0.3, -0.25) is 4.79 Å². The number of aromatic nitrogens is 1. The molecule has 0 saturated carbocycles. The zero-order valence-corrected chi connectivity index (χ0v) is 9.55. The SMILES string of the molecule is O=c1cc(-c2ccccc2O)[nH]c2ccccc12. The topological polar surface area (TPSA) is 53.1 Å². The molecule has 0 spiro atoms. The van der Waals surface area contributed by atoms with Crippen LogP contribution in [0.3, 0.4) is 0 Å². The van der Waals surface area contributed by atoms with Crippen LogP contribution in [0.15, 0.2) is 59.4 Å². The Morgan fingerprint density at radius 3 is 2.50 bits per heavy atom. The van der Waals surface area contributed by atoms with Crippen molar-refractivity contribution in [1.29, 1.82) is 0 Å². The molecule has 0 atom stereocenters. The monoisotopic (exact) mass is 237 g/mol. The Morgan fingerprint density at radius 1 is 0.944 bits per heavy atom. The molecule has 18 heavy (non-hydrogen) atoms. The Bertz CT molecular complexity index is 775. The smallest absolute Gasteiger partial charge is 0.190 e. The minimum Gasteiger partial charge on any atom is -0.507 e. The van der Waals surface area contributed by atoms with Gasteiger partial charge in [0, 0.05) is 22.5 Å². The highest BCUT2D eigenvalue weighted by Crippen LogP contribution is 2.27. The van der Waals surface area contributed by atoms with E-state index in [1.165, 1.54) is 6.07 Å². The van der Waals surface area contributed by atoms with E-state index in [1.807, 2.05) is 24.3 Å². The molecule has 0 amide bonds. The lowest BCUT2D eigenvalue weighted by Crippen LogP contribution is -2.02. The standard InChI is InChI=1S/C15H11NO2/c17-14-8-4-2-6-11(14)13-9-15(18)10-5-1-3-7-12(10)16-13/h1-9,17H,(H,16,18). The van der Waals surface area contributed by atoms with Gasteiger partial charge in [-0.1, -0.05) is 24.3 Å². The Morgan fingerprint density at radius 2 is 1.67 bits per heavy atom. The van der Waals surface area contributed by atoms with Crippen LogP contribution < -0.4 is 5.43 Å². The van der Waals surface area contributed by atoms with E-state index in [4.69, 9.17) is 0 Å². The Labute approximate surface area is 103 Å². The largest absolute Gasteiger partial charge is 0.507 e. The van der Waals surface area contributed by atoms with E-state index in [0.29, 0.717) is 16.6 Å². The number of hydrogen-bond donors (Lipinski definition) is 2. The molecule has 88 valence electrons. The van der Waals surface area contributed by atoms with E-state index in [0.717, 1.165) is 5.52 Å². The van der Waals surface area contributed by atoms with Crippen LogP contribution in [-0.4, -0.2) is 10.1 Å². The third-order valence-corrected chi connectivity index (χ3v) is 2.93. The van der Waals surface area contributed by atoms with Crippen LogP contribution in [0.2, 0.25) is 0 Å². The lowest BCUT2D eigenvalue weighted by molar-refractivity contribution is 0.477. The van der Waals surface area contributed by atoms with Crippen LogP contribution in [0.25, 0.3) is 22.2 Å². The van der Waals surface area contributed by atoms with Crippen LogP contribution in [0.5, 0.6) is 5.75 Å². The summed E-state index contributed by atoms with van der Waals surface area (Å²) in [5.41, 5.74) is 1.96. The predicted molar refractivity (Wildman–Crippen MR) is 71.7 cm³/mol. The number of phenols is 1. The fourth-order valence-corrected chi connectivity index (χ4v) is 2.04. The maximum atomic E-state index is 12.0. The van der Waals surface area contributed by atoms with E-state index < -0.39 is 0 Å². The second-order valence-corrected chi connectivity index (χ2v) is 4.11. The number of fused-ring (bicyclic) bond motifs is 1. The maximum Gasteiger partial charge on any atom is 0.190 e. The molecule has 2 N–H and O–H groups in total. The van der Waals surface area contributed by atoms with E-state index in [1.54, 1.807) is 24.3 Å². The summed E-state index contributed by atoms with van der Waals surface area (Å²) in [5, 5.41) is 10.5. The van der Waals surface area contributed by atoms with E-state index in [9.17, 15) is 9.90 Å². The van der Waals surface area contributed by atoms with Crippen molar-refractivity contribution in [1.82, 2.24) is 4.98 Å². The minimum atomic E-state index is -0.0531. The molecule has 3 aromatic rings. The van der Waals surface area contributed by atoms with Gasteiger partial charge < -0.3 is 10.1 Å². The number of hydrogen-bond acceptors (Lipinski definition) is 2. The van der Waals surface area contributed by atoms with Gasteiger partial charge in [-0.15, -0.1) is 0 Å². The second-order valence-electron chi connectivity index (χ2n) is 4.11. The van der Waals surface area contributed by atoms with Gasteiger partial charge in [-0.05, 0) is 24.3 Å². The number of benzene rings is 2. The van der Waals surface area contributed by atoms with E-state index in [2.05, 4.69) is 4.98 Å². The van der Waals surface area contributed by atoms with Crippen molar-refractivity contribution in [2.75, 3.05) is 0 Å². The lowest BCUT2D eigenvalue weighted by atomic mass is 10.1. The highest BCUT2D eigenvalue weighted by atomic mass is 16.3. The van der Waals surface area contributed by atoms with Gasteiger partial charge in [0.05, 0.1) is 5.69 Å². The molecule has 0 aliphatic carbocycles. The molecule has 3 nitrogen and oxygen atoms in total. The lowest BCUT2D eigenvalue weighted by Gasteiger charge is -2.06. The zero-order chi connectivity index (χ0) is 12.5. The number of nitrogens with one attached hydrogen (secondary N) is 1. The van der Waals surface area contributed by atoms with Crippen molar-refractivity contribution in [2.45, 2.75) is 0 Å². The fourth-order valence-electron chi connectivity index (χ4n) is 2.04. The number of pyridine rings is 1. The molecule has 0 bridgehead atoms. The van der Waals surface area contributed by atoms with Crippen LogP contribution >= 0.6 is 0 Å². The van der Waals surface area contributed by atoms with Crippen molar-refractivity contribution in [3.8, 4) is 17.0 Å². The summed E-state index contributed by atoms with van der Waals surface area (Å²) in [6.07, 6.45) is 0. The number of aromatic hydroxyl groups is 1. The summed E-state index contributed by atoms with van der Waals surface area (Å²) >= 11 is 0. The molecule has 0 radical (unpaired) electrons. The number of phenolic OH excluding ortho intramolecular Hbond substituents is 1. The number of aromatic amines is 1. The van der Waals surface area contributed by atoms with Crippen LogP contribution in [-0.2, 0) is 0 Å². The molecule has 0 aliphatic heterocycles.